The highest BCUT2D eigenvalue weighted by molar-refractivity contribution is 5.77. The normalized spacial score (nSPS) is 22.6. The van der Waals surface area contributed by atoms with Crippen LogP contribution >= 0.6 is 0 Å². The fourth-order valence-corrected chi connectivity index (χ4v) is 5.19. The molecule has 0 unspecified atom stereocenters. The van der Waals surface area contributed by atoms with E-state index in [0.29, 0.717) is 12.3 Å². The number of carbonyl (C=O) groups is 1. The molecule has 1 aliphatic heterocycles. The van der Waals surface area contributed by atoms with Crippen LogP contribution in [-0.4, -0.2) is 63.8 Å². The number of hydrogen-bond donors (Lipinski definition) is 1. The molecule has 2 fully saturated rings. The van der Waals surface area contributed by atoms with Gasteiger partial charge in [-0.25, -0.2) is 0 Å². The van der Waals surface area contributed by atoms with E-state index in [1.54, 1.807) is 0 Å². The van der Waals surface area contributed by atoms with E-state index >= 15 is 0 Å². The highest BCUT2D eigenvalue weighted by Gasteiger charge is 2.39. The standard InChI is InChI=1S/C23H41N5O/c1-19(2)17-28-13-8-12-27(18-21-16-25-26(4)20(21)3)14-11-24-22(29)15-23(28)9-6-5-7-10-23/h16,19H,5-15,17-18H2,1-4H3,(H,24,29). The minimum Gasteiger partial charge on any atom is -0.355 e. The molecule has 164 valence electrons. The van der Waals surface area contributed by atoms with Gasteiger partial charge in [-0.3, -0.25) is 19.3 Å². The minimum absolute atomic E-state index is 0.0711. The van der Waals surface area contributed by atoms with Gasteiger partial charge in [0.05, 0.1) is 6.20 Å². The van der Waals surface area contributed by atoms with Gasteiger partial charge in [-0.2, -0.15) is 5.10 Å². The van der Waals surface area contributed by atoms with Gasteiger partial charge in [-0.15, -0.1) is 0 Å². The van der Waals surface area contributed by atoms with Gasteiger partial charge >= 0.3 is 0 Å². The maximum Gasteiger partial charge on any atom is 0.221 e. The number of amides is 1. The molecule has 1 spiro atoms. The van der Waals surface area contributed by atoms with Gasteiger partial charge in [0.2, 0.25) is 5.91 Å². The van der Waals surface area contributed by atoms with Crippen molar-refractivity contribution in [2.24, 2.45) is 13.0 Å². The van der Waals surface area contributed by atoms with E-state index in [1.165, 1.54) is 43.4 Å². The Labute approximate surface area is 177 Å². The van der Waals surface area contributed by atoms with Gasteiger partial charge in [0.15, 0.2) is 0 Å². The first kappa shape index (κ1) is 22.3. The van der Waals surface area contributed by atoms with Crippen LogP contribution in [0.5, 0.6) is 0 Å². The average Bonchev–Trinajstić information content (AvgIpc) is 2.98. The molecule has 3 rings (SSSR count). The fourth-order valence-electron chi connectivity index (χ4n) is 5.19. The summed E-state index contributed by atoms with van der Waals surface area (Å²) in [6.45, 7) is 12.5. The molecule has 0 atom stereocenters. The molecule has 0 aromatic carbocycles. The first-order chi connectivity index (χ1) is 13.9. The zero-order valence-corrected chi connectivity index (χ0v) is 19.0. The summed E-state index contributed by atoms with van der Waals surface area (Å²) in [5.74, 6) is 0.858. The molecule has 1 amide bonds. The molecular weight excluding hydrogens is 362 g/mol. The number of nitrogens with zero attached hydrogens (tertiary/aromatic N) is 4. The molecule has 2 heterocycles. The highest BCUT2D eigenvalue weighted by Crippen LogP contribution is 2.37. The summed E-state index contributed by atoms with van der Waals surface area (Å²) in [4.78, 5) is 18.0. The maximum absolute atomic E-state index is 12.9. The monoisotopic (exact) mass is 403 g/mol. The van der Waals surface area contributed by atoms with Gasteiger partial charge in [0.25, 0.3) is 0 Å². The number of aromatic nitrogens is 2. The maximum atomic E-state index is 12.9. The Kier molecular flexibility index (Phi) is 7.74. The predicted molar refractivity (Wildman–Crippen MR) is 118 cm³/mol. The van der Waals surface area contributed by atoms with Crippen molar-refractivity contribution in [2.75, 3.05) is 32.7 Å². The van der Waals surface area contributed by atoms with Crippen molar-refractivity contribution in [3.05, 3.63) is 17.5 Å². The Balaban J connectivity index is 1.74. The number of aryl methyl sites for hydroxylation is 1. The quantitative estimate of drug-likeness (QED) is 0.839. The second kappa shape index (κ2) is 10.1. The zero-order valence-electron chi connectivity index (χ0n) is 19.0. The van der Waals surface area contributed by atoms with Gasteiger partial charge in [-0.1, -0.05) is 33.1 Å². The molecule has 0 bridgehead atoms. The molecule has 29 heavy (non-hydrogen) atoms. The van der Waals surface area contributed by atoms with Gasteiger partial charge < -0.3 is 5.32 Å². The Bertz CT molecular complexity index is 662. The molecule has 1 saturated carbocycles. The number of nitrogens with one attached hydrogen (secondary N) is 1. The molecule has 1 N–H and O–H groups in total. The SMILES string of the molecule is Cc1c(CN2CCCN(CC(C)C)C3(CCCCC3)CC(=O)NCC2)cnn1C. The summed E-state index contributed by atoms with van der Waals surface area (Å²) in [7, 11) is 2.00. The van der Waals surface area contributed by atoms with E-state index < -0.39 is 0 Å². The lowest BCUT2D eigenvalue weighted by Crippen LogP contribution is -2.54. The second-order valence-corrected chi connectivity index (χ2v) is 9.66. The lowest BCUT2D eigenvalue weighted by Gasteiger charge is -2.47. The van der Waals surface area contributed by atoms with Gasteiger partial charge in [0, 0.05) is 56.4 Å². The van der Waals surface area contributed by atoms with Gasteiger partial charge in [0.1, 0.15) is 0 Å². The Hall–Kier alpha value is -1.40. The molecule has 1 aromatic heterocycles. The van der Waals surface area contributed by atoms with Crippen LogP contribution in [0.4, 0.5) is 0 Å². The van der Waals surface area contributed by atoms with E-state index in [9.17, 15) is 4.79 Å². The lowest BCUT2D eigenvalue weighted by atomic mass is 9.77. The molecule has 1 saturated heterocycles. The van der Waals surface area contributed by atoms with Crippen LogP contribution in [0.25, 0.3) is 0 Å². The molecule has 1 aromatic rings. The molecule has 1 aliphatic carbocycles. The first-order valence-electron chi connectivity index (χ1n) is 11.6. The van der Waals surface area contributed by atoms with E-state index in [0.717, 1.165) is 45.7 Å². The summed E-state index contributed by atoms with van der Waals surface area (Å²) in [5.41, 5.74) is 2.59. The second-order valence-electron chi connectivity index (χ2n) is 9.66. The lowest BCUT2D eigenvalue weighted by molar-refractivity contribution is -0.125. The third-order valence-corrected chi connectivity index (χ3v) is 6.91. The van der Waals surface area contributed by atoms with Crippen LogP contribution in [0.3, 0.4) is 0 Å². The van der Waals surface area contributed by atoms with E-state index in [4.69, 9.17) is 0 Å². The Morgan fingerprint density at radius 3 is 2.55 bits per heavy atom. The Morgan fingerprint density at radius 2 is 1.90 bits per heavy atom. The van der Waals surface area contributed by atoms with Gasteiger partial charge in [-0.05, 0) is 45.2 Å². The van der Waals surface area contributed by atoms with E-state index in [-0.39, 0.29) is 11.4 Å². The summed E-state index contributed by atoms with van der Waals surface area (Å²) in [6, 6.07) is 0. The smallest absolute Gasteiger partial charge is 0.221 e. The van der Waals surface area contributed by atoms with E-state index in [1.807, 2.05) is 17.9 Å². The number of carbonyl (C=O) groups excluding carboxylic acids is 1. The van der Waals surface area contributed by atoms with Crippen LogP contribution in [-0.2, 0) is 18.4 Å². The molecule has 6 nitrogen and oxygen atoms in total. The molecule has 2 aliphatic rings. The predicted octanol–water partition coefficient (Wildman–Crippen LogP) is 3.10. The van der Waals surface area contributed by atoms with Crippen molar-refractivity contribution >= 4 is 5.91 Å². The van der Waals surface area contributed by atoms with Crippen molar-refractivity contribution in [2.45, 2.75) is 77.8 Å². The van der Waals surface area contributed by atoms with Crippen molar-refractivity contribution in [3.63, 3.8) is 0 Å². The van der Waals surface area contributed by atoms with Crippen molar-refractivity contribution in [3.8, 4) is 0 Å². The molecular formula is C23H41N5O. The third-order valence-electron chi connectivity index (χ3n) is 6.91. The van der Waals surface area contributed by atoms with Crippen molar-refractivity contribution in [1.82, 2.24) is 24.9 Å². The molecule has 6 heteroatoms. The third kappa shape index (κ3) is 5.82. The van der Waals surface area contributed by atoms with Crippen LogP contribution in [0.1, 0.15) is 70.1 Å². The van der Waals surface area contributed by atoms with E-state index in [2.05, 4.69) is 41.0 Å². The summed E-state index contributed by atoms with van der Waals surface area (Å²) in [6.07, 6.45) is 9.99. The average molecular weight is 404 g/mol. The van der Waals surface area contributed by atoms with Crippen molar-refractivity contribution < 1.29 is 4.79 Å². The highest BCUT2D eigenvalue weighted by atomic mass is 16.1. The van der Waals surface area contributed by atoms with Crippen molar-refractivity contribution in [1.29, 1.82) is 0 Å². The number of hydrogen-bond acceptors (Lipinski definition) is 4. The Morgan fingerprint density at radius 1 is 1.14 bits per heavy atom. The topological polar surface area (TPSA) is 53.4 Å². The summed E-state index contributed by atoms with van der Waals surface area (Å²) >= 11 is 0. The van der Waals surface area contributed by atoms with Crippen LogP contribution in [0.15, 0.2) is 6.20 Å². The fraction of sp³-hybridized carbons (Fsp3) is 0.826. The zero-order chi connectivity index (χ0) is 20.9. The summed E-state index contributed by atoms with van der Waals surface area (Å²) < 4.78 is 1.95. The molecule has 0 radical (unpaired) electrons. The minimum atomic E-state index is 0.0711. The van der Waals surface area contributed by atoms with Crippen LogP contribution < -0.4 is 5.32 Å². The summed E-state index contributed by atoms with van der Waals surface area (Å²) in [5, 5.41) is 7.63. The first-order valence-corrected chi connectivity index (χ1v) is 11.6. The van der Waals surface area contributed by atoms with Crippen LogP contribution in [0.2, 0.25) is 0 Å². The number of rotatable bonds is 4. The van der Waals surface area contributed by atoms with Crippen LogP contribution in [0, 0.1) is 12.8 Å². The largest absolute Gasteiger partial charge is 0.355 e.